The van der Waals surface area contributed by atoms with Gasteiger partial charge in [-0.15, -0.1) is 0 Å². The summed E-state index contributed by atoms with van der Waals surface area (Å²) in [5.74, 6) is 8.67. The Morgan fingerprint density at radius 1 is 1.05 bits per heavy atom. The topological polar surface area (TPSA) is 80.0 Å². The smallest absolute Gasteiger partial charge is 0.242 e. The van der Waals surface area contributed by atoms with E-state index >= 15 is 0 Å². The van der Waals surface area contributed by atoms with E-state index in [-0.39, 0.29) is 0 Å². The molecule has 1 saturated heterocycles. The summed E-state index contributed by atoms with van der Waals surface area (Å²) in [6.07, 6.45) is 9.16. The van der Waals surface area contributed by atoms with Gasteiger partial charge in [-0.05, 0) is 38.0 Å². The number of hydrazine groups is 1. The van der Waals surface area contributed by atoms with E-state index in [0.29, 0.717) is 5.95 Å². The molecule has 1 aromatic heterocycles. The van der Waals surface area contributed by atoms with Crippen molar-refractivity contribution in [1.82, 2.24) is 15.0 Å². The van der Waals surface area contributed by atoms with Gasteiger partial charge in [0.25, 0.3) is 0 Å². The maximum absolute atomic E-state index is 5.50. The van der Waals surface area contributed by atoms with Crippen molar-refractivity contribution in [2.45, 2.75) is 50.1 Å². The molecule has 3 N–H and O–H groups in total. The Bertz CT molecular complexity index is 457. The fourth-order valence-electron chi connectivity index (χ4n) is 3.08. The summed E-state index contributed by atoms with van der Waals surface area (Å²) in [5, 5.41) is 0.797. The third-order valence-electron chi connectivity index (χ3n) is 4.29. The highest BCUT2D eigenvalue weighted by Crippen LogP contribution is 2.30. The van der Waals surface area contributed by atoms with Crippen molar-refractivity contribution in [3.8, 4) is 0 Å². The number of aromatic nitrogens is 3. The van der Waals surface area contributed by atoms with Crippen LogP contribution in [0.1, 0.15) is 44.9 Å². The maximum atomic E-state index is 5.50. The molecule has 0 unspecified atom stereocenters. The van der Waals surface area contributed by atoms with E-state index in [1.54, 1.807) is 11.8 Å². The van der Waals surface area contributed by atoms with E-state index in [1.165, 1.54) is 44.9 Å². The van der Waals surface area contributed by atoms with Gasteiger partial charge < -0.3 is 4.90 Å². The molecular weight excluding hydrogens is 284 g/mol. The minimum Gasteiger partial charge on any atom is -0.341 e. The monoisotopic (exact) mass is 308 g/mol. The highest BCUT2D eigenvalue weighted by Gasteiger charge is 2.19. The third-order valence-corrected chi connectivity index (χ3v) is 5.37. The van der Waals surface area contributed by atoms with Crippen LogP contribution in [-0.4, -0.2) is 33.8 Å². The zero-order valence-electron chi connectivity index (χ0n) is 12.4. The molecule has 6 nitrogen and oxygen atoms in total. The largest absolute Gasteiger partial charge is 0.341 e. The van der Waals surface area contributed by atoms with E-state index in [4.69, 9.17) is 5.84 Å². The van der Waals surface area contributed by atoms with Gasteiger partial charge in [-0.2, -0.15) is 15.0 Å². The molecule has 0 aromatic carbocycles. The Hall–Kier alpha value is -1.08. The number of rotatable bonds is 5. The second-order valence-corrected chi connectivity index (χ2v) is 6.88. The van der Waals surface area contributed by atoms with Gasteiger partial charge in [-0.25, -0.2) is 5.84 Å². The maximum Gasteiger partial charge on any atom is 0.242 e. The quantitative estimate of drug-likeness (QED) is 0.491. The molecule has 2 fully saturated rings. The van der Waals surface area contributed by atoms with Crippen LogP contribution in [0.2, 0.25) is 0 Å². The average Bonchev–Trinajstić information content (AvgIpc) is 3.07. The molecule has 0 bridgehead atoms. The molecule has 1 aliphatic carbocycles. The molecular formula is C14H24N6S. The van der Waals surface area contributed by atoms with E-state index in [1.807, 2.05) is 0 Å². The van der Waals surface area contributed by atoms with Gasteiger partial charge in [0.2, 0.25) is 11.9 Å². The van der Waals surface area contributed by atoms with Crippen molar-refractivity contribution < 1.29 is 0 Å². The molecule has 0 amide bonds. The van der Waals surface area contributed by atoms with Crippen LogP contribution in [0.3, 0.4) is 0 Å². The lowest BCUT2D eigenvalue weighted by molar-refractivity contribution is 0.564. The summed E-state index contributed by atoms with van der Waals surface area (Å²) < 4.78 is 0. The standard InChI is InChI=1S/C14H24N6S/c15-19-12-16-13(20-8-4-1-5-9-20)18-14(17-12)21-10-11-6-2-3-7-11/h11H,1-10,15H2,(H,16,17,18,19). The number of hydrogen-bond donors (Lipinski definition) is 2. The van der Waals surface area contributed by atoms with Crippen molar-refractivity contribution in [3.05, 3.63) is 0 Å². The van der Waals surface area contributed by atoms with Crippen LogP contribution in [0.25, 0.3) is 0 Å². The molecule has 0 atom stereocenters. The average molecular weight is 308 g/mol. The summed E-state index contributed by atoms with van der Waals surface area (Å²) in [6.45, 7) is 2.06. The summed E-state index contributed by atoms with van der Waals surface area (Å²) in [4.78, 5) is 15.7. The molecule has 0 spiro atoms. The Labute approximate surface area is 130 Å². The lowest BCUT2D eigenvalue weighted by atomic mass is 10.1. The van der Waals surface area contributed by atoms with Crippen molar-refractivity contribution in [2.75, 3.05) is 29.2 Å². The van der Waals surface area contributed by atoms with E-state index in [9.17, 15) is 0 Å². The molecule has 21 heavy (non-hydrogen) atoms. The molecule has 3 rings (SSSR count). The minimum atomic E-state index is 0.472. The number of hydrogen-bond acceptors (Lipinski definition) is 7. The molecule has 2 heterocycles. The normalized spacial score (nSPS) is 20.0. The highest BCUT2D eigenvalue weighted by atomic mass is 32.2. The molecule has 1 saturated carbocycles. The van der Waals surface area contributed by atoms with Gasteiger partial charge in [-0.1, -0.05) is 24.6 Å². The van der Waals surface area contributed by atoms with Gasteiger partial charge in [0.1, 0.15) is 0 Å². The van der Waals surface area contributed by atoms with Gasteiger partial charge in [0.15, 0.2) is 5.16 Å². The zero-order valence-corrected chi connectivity index (χ0v) is 13.2. The number of nitrogens with two attached hydrogens (primary N) is 1. The lowest BCUT2D eigenvalue weighted by Gasteiger charge is -2.26. The van der Waals surface area contributed by atoms with Crippen molar-refractivity contribution >= 4 is 23.7 Å². The summed E-state index contributed by atoms with van der Waals surface area (Å²) in [5.41, 5.74) is 2.57. The van der Waals surface area contributed by atoms with Gasteiger partial charge in [-0.3, -0.25) is 5.43 Å². The Morgan fingerprint density at radius 2 is 1.81 bits per heavy atom. The first kappa shape index (κ1) is 14.8. The molecule has 2 aliphatic rings. The van der Waals surface area contributed by atoms with Crippen LogP contribution >= 0.6 is 11.8 Å². The van der Waals surface area contributed by atoms with Crippen LogP contribution in [0.4, 0.5) is 11.9 Å². The van der Waals surface area contributed by atoms with Crippen LogP contribution in [0.5, 0.6) is 0 Å². The fraction of sp³-hybridized carbons (Fsp3) is 0.786. The molecule has 1 aliphatic heterocycles. The predicted molar refractivity (Wildman–Crippen MR) is 86.4 cm³/mol. The number of nitrogens with zero attached hydrogens (tertiary/aromatic N) is 4. The van der Waals surface area contributed by atoms with Crippen molar-refractivity contribution in [2.24, 2.45) is 11.8 Å². The summed E-state index contributed by atoms with van der Waals surface area (Å²) in [6, 6.07) is 0. The number of nitrogen functional groups attached to an aromatic ring is 1. The van der Waals surface area contributed by atoms with Crippen LogP contribution in [-0.2, 0) is 0 Å². The second-order valence-electron chi connectivity index (χ2n) is 5.90. The van der Waals surface area contributed by atoms with Crippen LogP contribution < -0.4 is 16.2 Å². The van der Waals surface area contributed by atoms with Gasteiger partial charge in [0, 0.05) is 18.8 Å². The number of thioether (sulfide) groups is 1. The van der Waals surface area contributed by atoms with Gasteiger partial charge in [0.05, 0.1) is 0 Å². The van der Waals surface area contributed by atoms with Crippen molar-refractivity contribution in [1.29, 1.82) is 0 Å². The number of piperidine rings is 1. The molecule has 7 heteroatoms. The second kappa shape index (κ2) is 7.26. The van der Waals surface area contributed by atoms with E-state index in [2.05, 4.69) is 25.3 Å². The minimum absolute atomic E-state index is 0.472. The molecule has 1 aromatic rings. The fourth-order valence-corrected chi connectivity index (χ4v) is 4.10. The number of anilines is 2. The summed E-state index contributed by atoms with van der Waals surface area (Å²) in [7, 11) is 0. The Morgan fingerprint density at radius 3 is 2.52 bits per heavy atom. The first-order valence-corrected chi connectivity index (χ1v) is 8.94. The lowest BCUT2D eigenvalue weighted by Crippen LogP contribution is -2.31. The first-order valence-electron chi connectivity index (χ1n) is 7.95. The van der Waals surface area contributed by atoms with Crippen LogP contribution in [0.15, 0.2) is 5.16 Å². The molecule has 116 valence electrons. The zero-order chi connectivity index (χ0) is 14.5. The number of nitrogens with one attached hydrogen (secondary N) is 1. The SMILES string of the molecule is NNc1nc(SCC2CCCC2)nc(N2CCCCC2)n1. The third kappa shape index (κ3) is 3.97. The highest BCUT2D eigenvalue weighted by molar-refractivity contribution is 7.99. The van der Waals surface area contributed by atoms with Gasteiger partial charge >= 0.3 is 0 Å². The van der Waals surface area contributed by atoms with E-state index < -0.39 is 0 Å². The van der Waals surface area contributed by atoms with E-state index in [0.717, 1.165) is 35.9 Å². The molecule has 0 radical (unpaired) electrons. The first-order chi connectivity index (χ1) is 10.3. The predicted octanol–water partition coefficient (Wildman–Crippen LogP) is 2.43. The van der Waals surface area contributed by atoms with Crippen molar-refractivity contribution in [3.63, 3.8) is 0 Å². The Kier molecular flexibility index (Phi) is 5.13. The Balaban J connectivity index is 1.69. The summed E-state index contributed by atoms with van der Waals surface area (Å²) >= 11 is 1.74. The van der Waals surface area contributed by atoms with Crippen LogP contribution in [0, 0.1) is 5.92 Å².